The van der Waals surface area contributed by atoms with Gasteiger partial charge < -0.3 is 4.90 Å². The zero-order valence-electron chi connectivity index (χ0n) is 13.6. The number of hydrogen-bond donors (Lipinski definition) is 0. The molecule has 1 aliphatic rings. The number of carbonyl (C=O) groups is 1. The zero-order valence-corrected chi connectivity index (χ0v) is 14.3. The summed E-state index contributed by atoms with van der Waals surface area (Å²) in [7, 11) is 2.04. The van der Waals surface area contributed by atoms with E-state index < -0.39 is 0 Å². The van der Waals surface area contributed by atoms with Gasteiger partial charge in [-0.3, -0.25) is 9.69 Å². The van der Waals surface area contributed by atoms with Gasteiger partial charge in [-0.15, -0.1) is 0 Å². The first kappa shape index (κ1) is 16.9. The summed E-state index contributed by atoms with van der Waals surface area (Å²) >= 11 is 5.88. The maximum atomic E-state index is 13.1. The smallest absolute Gasteiger partial charge is 0.227 e. The monoisotopic (exact) mass is 346 g/mol. The lowest BCUT2D eigenvalue weighted by Gasteiger charge is -2.39. The summed E-state index contributed by atoms with van der Waals surface area (Å²) in [5.74, 6) is -0.134. The number of piperazine rings is 1. The van der Waals surface area contributed by atoms with Gasteiger partial charge in [0.05, 0.1) is 12.5 Å². The molecular weight excluding hydrogens is 327 g/mol. The van der Waals surface area contributed by atoms with Gasteiger partial charge in [0, 0.05) is 24.7 Å². The SMILES string of the molecule is CN1CCN(C(=O)Cc2ccc(Cl)cc2)CC1c1ccc(F)cc1. The van der Waals surface area contributed by atoms with Crippen LogP contribution in [-0.4, -0.2) is 42.4 Å². The van der Waals surface area contributed by atoms with E-state index in [0.717, 1.165) is 17.7 Å². The Morgan fingerprint density at radius 2 is 1.79 bits per heavy atom. The molecule has 1 atom stereocenters. The molecule has 2 aromatic rings. The molecule has 0 aromatic heterocycles. The highest BCUT2D eigenvalue weighted by Gasteiger charge is 2.28. The first-order valence-corrected chi connectivity index (χ1v) is 8.38. The van der Waals surface area contributed by atoms with Crippen molar-refractivity contribution in [1.82, 2.24) is 9.80 Å². The number of amides is 1. The second-order valence-corrected chi connectivity index (χ2v) is 6.63. The predicted octanol–water partition coefficient (Wildman–Crippen LogP) is 3.54. The van der Waals surface area contributed by atoms with Crippen LogP contribution in [0, 0.1) is 5.82 Å². The highest BCUT2D eigenvalue weighted by Crippen LogP contribution is 2.24. The third-order valence-electron chi connectivity index (χ3n) is 4.52. The van der Waals surface area contributed by atoms with Crippen molar-refractivity contribution in [2.24, 2.45) is 0 Å². The van der Waals surface area contributed by atoms with Crippen LogP contribution in [0.25, 0.3) is 0 Å². The van der Waals surface area contributed by atoms with Gasteiger partial charge in [0.15, 0.2) is 0 Å². The molecule has 0 bridgehead atoms. The van der Waals surface area contributed by atoms with Crippen LogP contribution in [-0.2, 0) is 11.2 Å². The van der Waals surface area contributed by atoms with E-state index in [9.17, 15) is 9.18 Å². The second-order valence-electron chi connectivity index (χ2n) is 6.19. The van der Waals surface area contributed by atoms with E-state index in [1.165, 1.54) is 12.1 Å². The van der Waals surface area contributed by atoms with E-state index in [2.05, 4.69) is 4.90 Å². The summed E-state index contributed by atoms with van der Waals surface area (Å²) in [6.45, 7) is 2.13. The van der Waals surface area contributed by atoms with Gasteiger partial charge in [0.1, 0.15) is 5.82 Å². The van der Waals surface area contributed by atoms with Crippen molar-refractivity contribution >= 4 is 17.5 Å². The Kier molecular flexibility index (Phi) is 5.17. The Bertz CT molecular complexity index is 702. The van der Waals surface area contributed by atoms with E-state index in [-0.39, 0.29) is 17.8 Å². The number of hydrogen-bond acceptors (Lipinski definition) is 2. The lowest BCUT2D eigenvalue weighted by molar-refractivity contribution is -0.133. The van der Waals surface area contributed by atoms with Crippen LogP contribution in [0.4, 0.5) is 4.39 Å². The van der Waals surface area contributed by atoms with Crippen molar-refractivity contribution in [3.8, 4) is 0 Å². The molecular formula is C19H20ClFN2O. The third-order valence-corrected chi connectivity index (χ3v) is 4.78. The van der Waals surface area contributed by atoms with Crippen LogP contribution >= 0.6 is 11.6 Å². The number of carbonyl (C=O) groups excluding carboxylic acids is 1. The van der Waals surface area contributed by atoms with Gasteiger partial charge in [0.2, 0.25) is 5.91 Å². The van der Waals surface area contributed by atoms with Crippen molar-refractivity contribution in [2.75, 3.05) is 26.7 Å². The topological polar surface area (TPSA) is 23.6 Å². The molecule has 0 aliphatic carbocycles. The first-order valence-electron chi connectivity index (χ1n) is 8.01. The molecule has 24 heavy (non-hydrogen) atoms. The number of halogens is 2. The largest absolute Gasteiger partial charge is 0.339 e. The van der Waals surface area contributed by atoms with Crippen LogP contribution in [0.2, 0.25) is 5.02 Å². The Morgan fingerprint density at radius 3 is 2.46 bits per heavy atom. The van der Waals surface area contributed by atoms with Gasteiger partial charge in [-0.05, 0) is 42.4 Å². The average Bonchev–Trinajstić information content (AvgIpc) is 2.58. The van der Waals surface area contributed by atoms with Crippen LogP contribution in [0.15, 0.2) is 48.5 Å². The quantitative estimate of drug-likeness (QED) is 0.848. The molecule has 3 rings (SSSR count). The van der Waals surface area contributed by atoms with Gasteiger partial charge >= 0.3 is 0 Å². The van der Waals surface area contributed by atoms with Crippen molar-refractivity contribution in [1.29, 1.82) is 0 Å². The number of benzene rings is 2. The lowest BCUT2D eigenvalue weighted by Crippen LogP contribution is -2.49. The Balaban J connectivity index is 1.69. The summed E-state index contributed by atoms with van der Waals surface area (Å²) in [5, 5.41) is 0.669. The molecule has 1 saturated heterocycles. The van der Waals surface area contributed by atoms with Gasteiger partial charge in [-0.2, -0.15) is 0 Å². The van der Waals surface area contributed by atoms with Gasteiger partial charge in [-0.25, -0.2) is 4.39 Å². The molecule has 1 amide bonds. The van der Waals surface area contributed by atoms with Crippen molar-refractivity contribution in [3.63, 3.8) is 0 Å². The fourth-order valence-electron chi connectivity index (χ4n) is 3.03. The number of likely N-dealkylation sites (N-methyl/N-ethyl adjacent to an activating group) is 1. The van der Waals surface area contributed by atoms with Crippen LogP contribution in [0.3, 0.4) is 0 Å². The first-order chi connectivity index (χ1) is 11.5. The van der Waals surface area contributed by atoms with E-state index in [1.54, 1.807) is 24.3 Å². The Labute approximate surface area is 146 Å². The van der Waals surface area contributed by atoms with E-state index in [4.69, 9.17) is 11.6 Å². The van der Waals surface area contributed by atoms with E-state index in [1.807, 2.05) is 24.1 Å². The molecule has 1 unspecified atom stereocenters. The summed E-state index contributed by atoms with van der Waals surface area (Å²) in [6.07, 6.45) is 0.372. The minimum atomic E-state index is -0.243. The fraction of sp³-hybridized carbons (Fsp3) is 0.316. The summed E-state index contributed by atoms with van der Waals surface area (Å²) in [6, 6.07) is 14.0. The number of nitrogens with zero attached hydrogens (tertiary/aromatic N) is 2. The van der Waals surface area contributed by atoms with Crippen molar-refractivity contribution in [2.45, 2.75) is 12.5 Å². The van der Waals surface area contributed by atoms with Crippen LogP contribution in [0.5, 0.6) is 0 Å². The number of rotatable bonds is 3. The molecule has 1 aliphatic heterocycles. The highest BCUT2D eigenvalue weighted by molar-refractivity contribution is 6.30. The fourth-order valence-corrected chi connectivity index (χ4v) is 3.16. The third kappa shape index (κ3) is 3.94. The Morgan fingerprint density at radius 1 is 1.12 bits per heavy atom. The normalized spacial score (nSPS) is 18.6. The van der Waals surface area contributed by atoms with Gasteiger partial charge in [-0.1, -0.05) is 35.9 Å². The molecule has 1 heterocycles. The molecule has 2 aromatic carbocycles. The molecule has 126 valence electrons. The maximum absolute atomic E-state index is 13.1. The molecule has 0 radical (unpaired) electrons. The zero-order chi connectivity index (χ0) is 17.1. The maximum Gasteiger partial charge on any atom is 0.227 e. The minimum Gasteiger partial charge on any atom is -0.339 e. The van der Waals surface area contributed by atoms with Crippen LogP contribution < -0.4 is 0 Å². The molecule has 1 fully saturated rings. The second kappa shape index (κ2) is 7.32. The molecule has 3 nitrogen and oxygen atoms in total. The van der Waals surface area contributed by atoms with Crippen LogP contribution in [0.1, 0.15) is 17.2 Å². The molecule has 5 heteroatoms. The van der Waals surface area contributed by atoms with Gasteiger partial charge in [0.25, 0.3) is 0 Å². The molecule has 0 saturated carbocycles. The Hall–Kier alpha value is -1.91. The summed E-state index contributed by atoms with van der Waals surface area (Å²) in [4.78, 5) is 16.7. The average molecular weight is 347 g/mol. The van der Waals surface area contributed by atoms with E-state index in [0.29, 0.717) is 24.5 Å². The molecule has 0 spiro atoms. The lowest BCUT2D eigenvalue weighted by atomic mass is 10.0. The standard InChI is InChI=1S/C19H20ClFN2O/c1-22-10-11-23(13-18(22)15-4-8-17(21)9-5-15)19(24)12-14-2-6-16(20)7-3-14/h2-9,18H,10-13H2,1H3. The minimum absolute atomic E-state index is 0.0912. The highest BCUT2D eigenvalue weighted by atomic mass is 35.5. The molecule has 0 N–H and O–H groups in total. The van der Waals surface area contributed by atoms with Crippen molar-refractivity contribution in [3.05, 3.63) is 70.5 Å². The van der Waals surface area contributed by atoms with Crippen molar-refractivity contribution < 1.29 is 9.18 Å². The predicted molar refractivity (Wildman–Crippen MR) is 93.5 cm³/mol. The van der Waals surface area contributed by atoms with E-state index >= 15 is 0 Å². The summed E-state index contributed by atoms with van der Waals surface area (Å²) in [5.41, 5.74) is 1.99. The summed E-state index contributed by atoms with van der Waals surface area (Å²) < 4.78 is 13.1.